The molecular formula is C15H23N3O. The maximum atomic E-state index is 12.3. The average Bonchev–Trinajstić information content (AvgIpc) is 2.47. The van der Waals surface area contributed by atoms with Crippen LogP contribution in [0, 0.1) is 0 Å². The lowest BCUT2D eigenvalue weighted by Gasteiger charge is -2.38. The minimum Gasteiger partial charge on any atom is -0.329 e. The highest BCUT2D eigenvalue weighted by Gasteiger charge is 2.29. The Labute approximate surface area is 115 Å². The maximum Gasteiger partial charge on any atom is 0.241 e. The van der Waals surface area contributed by atoms with E-state index in [1.165, 1.54) is 6.42 Å². The van der Waals surface area contributed by atoms with Gasteiger partial charge in [0.1, 0.15) is 0 Å². The molecule has 104 valence electrons. The van der Waals surface area contributed by atoms with Gasteiger partial charge < -0.3 is 11.1 Å². The van der Waals surface area contributed by atoms with Gasteiger partial charge in [0.25, 0.3) is 0 Å². The summed E-state index contributed by atoms with van der Waals surface area (Å²) in [5.41, 5.74) is 6.66. The summed E-state index contributed by atoms with van der Waals surface area (Å²) in [5, 5.41) is 2.96. The second-order valence-electron chi connectivity index (χ2n) is 5.15. The average molecular weight is 261 g/mol. The van der Waals surface area contributed by atoms with E-state index in [0.29, 0.717) is 12.6 Å². The summed E-state index contributed by atoms with van der Waals surface area (Å²) < 4.78 is 0. The van der Waals surface area contributed by atoms with Gasteiger partial charge in [0.05, 0.1) is 6.04 Å². The van der Waals surface area contributed by atoms with E-state index >= 15 is 0 Å². The quantitative estimate of drug-likeness (QED) is 0.869. The van der Waals surface area contributed by atoms with Crippen molar-refractivity contribution in [3.63, 3.8) is 0 Å². The van der Waals surface area contributed by atoms with E-state index < -0.39 is 0 Å². The third-order valence-corrected chi connectivity index (χ3v) is 3.86. The van der Waals surface area contributed by atoms with Crippen molar-refractivity contribution in [1.29, 1.82) is 0 Å². The van der Waals surface area contributed by atoms with Crippen molar-refractivity contribution < 1.29 is 4.79 Å². The van der Waals surface area contributed by atoms with Crippen molar-refractivity contribution in [1.82, 2.24) is 4.90 Å². The third kappa shape index (κ3) is 3.55. The van der Waals surface area contributed by atoms with Crippen LogP contribution in [0.15, 0.2) is 30.3 Å². The maximum absolute atomic E-state index is 12.3. The minimum atomic E-state index is -0.131. The number of nitrogens with two attached hydrogens (primary N) is 1. The Morgan fingerprint density at radius 2 is 2.16 bits per heavy atom. The van der Waals surface area contributed by atoms with Crippen molar-refractivity contribution in [2.24, 2.45) is 5.73 Å². The Balaban J connectivity index is 1.98. The van der Waals surface area contributed by atoms with Crippen LogP contribution in [0.2, 0.25) is 0 Å². The van der Waals surface area contributed by atoms with Crippen molar-refractivity contribution in [2.75, 3.05) is 18.4 Å². The van der Waals surface area contributed by atoms with E-state index in [1.54, 1.807) is 0 Å². The molecule has 2 atom stereocenters. The Kier molecular flexibility index (Phi) is 4.93. The third-order valence-electron chi connectivity index (χ3n) is 3.86. The normalized spacial score (nSPS) is 21.9. The lowest BCUT2D eigenvalue weighted by Crippen LogP contribution is -2.52. The highest BCUT2D eigenvalue weighted by molar-refractivity contribution is 5.94. The lowest BCUT2D eigenvalue weighted by atomic mass is 10.00. The van der Waals surface area contributed by atoms with Crippen LogP contribution in [0.5, 0.6) is 0 Å². The van der Waals surface area contributed by atoms with Gasteiger partial charge in [-0.05, 0) is 38.4 Å². The van der Waals surface area contributed by atoms with Gasteiger partial charge in [0.15, 0.2) is 0 Å². The molecule has 2 rings (SSSR count). The molecule has 1 amide bonds. The predicted molar refractivity (Wildman–Crippen MR) is 77.9 cm³/mol. The molecule has 0 spiro atoms. The van der Waals surface area contributed by atoms with E-state index in [0.717, 1.165) is 25.1 Å². The van der Waals surface area contributed by atoms with Crippen LogP contribution < -0.4 is 11.1 Å². The highest BCUT2D eigenvalue weighted by atomic mass is 16.2. The first-order valence-corrected chi connectivity index (χ1v) is 7.04. The molecule has 19 heavy (non-hydrogen) atoms. The van der Waals surface area contributed by atoms with E-state index in [2.05, 4.69) is 10.2 Å². The van der Waals surface area contributed by atoms with Gasteiger partial charge in [-0.3, -0.25) is 9.69 Å². The first-order chi connectivity index (χ1) is 9.22. The monoisotopic (exact) mass is 261 g/mol. The van der Waals surface area contributed by atoms with E-state index in [4.69, 9.17) is 5.73 Å². The van der Waals surface area contributed by atoms with E-state index in [-0.39, 0.29) is 11.9 Å². The number of hydrogen-bond acceptors (Lipinski definition) is 3. The topological polar surface area (TPSA) is 58.4 Å². The number of carbonyl (C=O) groups is 1. The Hall–Kier alpha value is -1.39. The molecule has 1 heterocycles. The molecule has 1 fully saturated rings. The number of para-hydroxylation sites is 1. The Bertz CT molecular complexity index is 407. The van der Waals surface area contributed by atoms with Crippen molar-refractivity contribution in [2.45, 2.75) is 38.3 Å². The second kappa shape index (κ2) is 6.68. The molecule has 1 saturated heterocycles. The molecule has 0 bridgehead atoms. The molecule has 1 aliphatic heterocycles. The van der Waals surface area contributed by atoms with Crippen LogP contribution in [0.3, 0.4) is 0 Å². The summed E-state index contributed by atoms with van der Waals surface area (Å²) in [5.74, 6) is 0.0477. The van der Waals surface area contributed by atoms with Gasteiger partial charge in [0, 0.05) is 18.3 Å². The number of rotatable bonds is 4. The van der Waals surface area contributed by atoms with Crippen LogP contribution in [0.1, 0.15) is 26.2 Å². The summed E-state index contributed by atoms with van der Waals surface area (Å²) >= 11 is 0. The fraction of sp³-hybridized carbons (Fsp3) is 0.533. The first-order valence-electron chi connectivity index (χ1n) is 7.04. The Morgan fingerprint density at radius 1 is 1.42 bits per heavy atom. The molecule has 0 saturated carbocycles. The number of piperidine rings is 1. The summed E-state index contributed by atoms with van der Waals surface area (Å²) in [7, 11) is 0. The number of amides is 1. The second-order valence-corrected chi connectivity index (χ2v) is 5.15. The van der Waals surface area contributed by atoms with Gasteiger partial charge in [0.2, 0.25) is 5.91 Å². The molecule has 0 radical (unpaired) electrons. The minimum absolute atomic E-state index is 0.0477. The number of hydrogen-bond donors (Lipinski definition) is 2. The summed E-state index contributed by atoms with van der Waals surface area (Å²) in [6.45, 7) is 3.56. The largest absolute Gasteiger partial charge is 0.329 e. The van der Waals surface area contributed by atoms with Gasteiger partial charge in [-0.15, -0.1) is 0 Å². The zero-order valence-electron chi connectivity index (χ0n) is 11.5. The number of likely N-dealkylation sites (tertiary alicyclic amines) is 1. The molecule has 1 aromatic rings. The van der Waals surface area contributed by atoms with Gasteiger partial charge in [-0.2, -0.15) is 0 Å². The van der Waals surface area contributed by atoms with E-state index in [9.17, 15) is 4.79 Å². The predicted octanol–water partition coefficient (Wildman–Crippen LogP) is 1.83. The molecular weight excluding hydrogens is 238 g/mol. The highest BCUT2D eigenvalue weighted by Crippen LogP contribution is 2.19. The fourth-order valence-corrected chi connectivity index (χ4v) is 2.70. The zero-order chi connectivity index (χ0) is 13.7. The molecule has 0 aliphatic carbocycles. The SMILES string of the molecule is CC(C(=O)Nc1ccccc1)N1CCCCC1CN. The lowest BCUT2D eigenvalue weighted by molar-refractivity contribution is -0.122. The summed E-state index contributed by atoms with van der Waals surface area (Å²) in [6.07, 6.45) is 3.46. The molecule has 0 aromatic heterocycles. The smallest absolute Gasteiger partial charge is 0.241 e. The van der Waals surface area contributed by atoms with Gasteiger partial charge in [-0.1, -0.05) is 24.6 Å². The van der Waals surface area contributed by atoms with Crippen LogP contribution in [-0.4, -0.2) is 36.0 Å². The number of anilines is 1. The van der Waals surface area contributed by atoms with Crippen LogP contribution >= 0.6 is 0 Å². The summed E-state index contributed by atoms with van der Waals surface area (Å²) in [4.78, 5) is 14.5. The van der Waals surface area contributed by atoms with Crippen LogP contribution in [-0.2, 0) is 4.79 Å². The zero-order valence-corrected chi connectivity index (χ0v) is 11.5. The Morgan fingerprint density at radius 3 is 2.84 bits per heavy atom. The summed E-state index contributed by atoms with van der Waals surface area (Å²) in [6, 6.07) is 9.80. The fourth-order valence-electron chi connectivity index (χ4n) is 2.70. The molecule has 4 nitrogen and oxygen atoms in total. The van der Waals surface area contributed by atoms with Crippen molar-refractivity contribution in [3.8, 4) is 0 Å². The molecule has 1 aliphatic rings. The van der Waals surface area contributed by atoms with Crippen molar-refractivity contribution >= 4 is 11.6 Å². The van der Waals surface area contributed by atoms with Crippen LogP contribution in [0.25, 0.3) is 0 Å². The first kappa shape index (κ1) is 14.0. The number of benzene rings is 1. The van der Waals surface area contributed by atoms with Gasteiger partial charge in [-0.25, -0.2) is 0 Å². The number of nitrogens with zero attached hydrogens (tertiary/aromatic N) is 1. The molecule has 2 unspecified atom stereocenters. The van der Waals surface area contributed by atoms with Crippen molar-refractivity contribution in [3.05, 3.63) is 30.3 Å². The molecule has 4 heteroatoms. The van der Waals surface area contributed by atoms with Crippen LogP contribution in [0.4, 0.5) is 5.69 Å². The standard InChI is InChI=1S/C15H23N3O/c1-12(18-10-6-5-9-14(18)11-16)15(19)17-13-7-3-2-4-8-13/h2-4,7-8,12,14H,5-6,9-11,16H2,1H3,(H,17,19). The molecule has 1 aromatic carbocycles. The number of nitrogens with one attached hydrogen (secondary N) is 1. The van der Waals surface area contributed by atoms with E-state index in [1.807, 2.05) is 37.3 Å². The number of carbonyl (C=O) groups excluding carboxylic acids is 1. The molecule has 3 N–H and O–H groups in total. The van der Waals surface area contributed by atoms with Gasteiger partial charge >= 0.3 is 0 Å².